The van der Waals surface area contributed by atoms with Gasteiger partial charge in [0, 0.05) is 39.3 Å². The van der Waals surface area contributed by atoms with Crippen molar-refractivity contribution < 1.29 is 9.53 Å². The topological polar surface area (TPSA) is 59.4 Å². The van der Waals surface area contributed by atoms with E-state index >= 15 is 0 Å². The number of esters is 1. The van der Waals surface area contributed by atoms with Crippen molar-refractivity contribution in [1.82, 2.24) is 20.0 Å². The number of piperazine rings is 1. The maximum Gasteiger partial charge on any atom is 0.341 e. The number of nitrogens with zero attached hydrogens (tertiary/aromatic N) is 3. The summed E-state index contributed by atoms with van der Waals surface area (Å²) in [5, 5.41) is 7.59. The lowest BCUT2D eigenvalue weighted by Crippen LogP contribution is -2.48. The fourth-order valence-electron chi connectivity index (χ4n) is 2.40. The van der Waals surface area contributed by atoms with Crippen LogP contribution in [0, 0.1) is 0 Å². The monoisotopic (exact) mass is 266 g/mol. The third kappa shape index (κ3) is 3.33. The van der Waals surface area contributed by atoms with Crippen LogP contribution in [-0.2, 0) is 18.3 Å². The number of nitrogens with one attached hydrogen (secondary N) is 1. The lowest BCUT2D eigenvalue weighted by molar-refractivity contribution is 0.0523. The van der Waals surface area contributed by atoms with Crippen molar-refractivity contribution in [3.63, 3.8) is 0 Å². The van der Waals surface area contributed by atoms with E-state index in [1.807, 2.05) is 14.0 Å². The van der Waals surface area contributed by atoms with Gasteiger partial charge in [-0.1, -0.05) is 0 Å². The van der Waals surface area contributed by atoms with Gasteiger partial charge in [0.1, 0.15) is 5.56 Å². The first-order valence-electron chi connectivity index (χ1n) is 6.75. The summed E-state index contributed by atoms with van der Waals surface area (Å²) >= 11 is 0. The van der Waals surface area contributed by atoms with Gasteiger partial charge in [0.05, 0.1) is 18.5 Å². The molecule has 2 heterocycles. The van der Waals surface area contributed by atoms with Crippen LogP contribution in [0.1, 0.15) is 29.9 Å². The van der Waals surface area contributed by atoms with E-state index in [2.05, 4.69) is 22.2 Å². The van der Waals surface area contributed by atoms with Crippen LogP contribution in [0.2, 0.25) is 0 Å². The number of hydrogen-bond donors (Lipinski definition) is 1. The molecular formula is C13H22N4O2. The van der Waals surface area contributed by atoms with Crippen LogP contribution in [0.3, 0.4) is 0 Å². The first kappa shape index (κ1) is 14.0. The van der Waals surface area contributed by atoms with Crippen molar-refractivity contribution in [2.75, 3.05) is 26.2 Å². The molecular weight excluding hydrogens is 244 g/mol. The summed E-state index contributed by atoms with van der Waals surface area (Å²) in [6, 6.07) is 0.480. The van der Waals surface area contributed by atoms with E-state index < -0.39 is 0 Å². The Labute approximate surface area is 113 Å². The second-order valence-corrected chi connectivity index (χ2v) is 4.94. The Bertz CT molecular complexity index is 444. The molecule has 6 heteroatoms. The predicted octanol–water partition coefficient (Wildman–Crippen LogP) is 0.391. The van der Waals surface area contributed by atoms with Gasteiger partial charge in [-0.15, -0.1) is 0 Å². The Balaban J connectivity index is 2.10. The van der Waals surface area contributed by atoms with Gasteiger partial charge in [-0.3, -0.25) is 9.58 Å². The molecule has 0 aromatic carbocycles. The summed E-state index contributed by atoms with van der Waals surface area (Å²) in [6.45, 7) is 8.04. The number of aromatic nitrogens is 2. The van der Waals surface area contributed by atoms with Gasteiger partial charge in [0.2, 0.25) is 0 Å². The Hall–Kier alpha value is -1.40. The van der Waals surface area contributed by atoms with Crippen LogP contribution < -0.4 is 5.32 Å². The molecule has 1 aromatic heterocycles. The van der Waals surface area contributed by atoms with Crippen LogP contribution >= 0.6 is 0 Å². The summed E-state index contributed by atoms with van der Waals surface area (Å²) in [5.74, 6) is -0.284. The first-order chi connectivity index (χ1) is 9.11. The summed E-state index contributed by atoms with van der Waals surface area (Å²) in [6.07, 6.45) is 1.60. The molecule has 6 nitrogen and oxygen atoms in total. The molecule has 0 saturated carbocycles. The fourth-order valence-corrected chi connectivity index (χ4v) is 2.40. The molecule has 19 heavy (non-hydrogen) atoms. The molecule has 1 aliphatic heterocycles. The standard InChI is InChI=1S/C13H22N4O2/c1-4-19-13(18)11-7-15-16(3)12(11)9-17-6-5-14-10(2)8-17/h7,10,14H,4-6,8-9H2,1-3H3/t10-/m1/s1. The third-order valence-corrected chi connectivity index (χ3v) is 3.38. The molecule has 0 aliphatic carbocycles. The highest BCUT2D eigenvalue weighted by Crippen LogP contribution is 2.13. The quantitative estimate of drug-likeness (QED) is 0.799. The van der Waals surface area contributed by atoms with E-state index in [-0.39, 0.29) is 5.97 Å². The summed E-state index contributed by atoms with van der Waals surface area (Å²) < 4.78 is 6.83. The Morgan fingerprint density at radius 2 is 2.42 bits per heavy atom. The smallest absolute Gasteiger partial charge is 0.341 e. The predicted molar refractivity (Wildman–Crippen MR) is 71.9 cm³/mol. The molecule has 0 spiro atoms. The van der Waals surface area contributed by atoms with Crippen LogP contribution in [0.4, 0.5) is 0 Å². The van der Waals surface area contributed by atoms with E-state index in [1.165, 1.54) is 0 Å². The number of hydrogen-bond acceptors (Lipinski definition) is 5. The van der Waals surface area contributed by atoms with Crippen molar-refractivity contribution in [3.05, 3.63) is 17.5 Å². The van der Waals surface area contributed by atoms with Crippen LogP contribution in [0.25, 0.3) is 0 Å². The number of ether oxygens (including phenoxy) is 1. The normalized spacial score (nSPS) is 20.5. The van der Waals surface area contributed by atoms with E-state index in [9.17, 15) is 4.79 Å². The molecule has 1 aromatic rings. The van der Waals surface area contributed by atoms with Gasteiger partial charge in [0.25, 0.3) is 0 Å². The molecule has 1 saturated heterocycles. The van der Waals surface area contributed by atoms with Crippen molar-refractivity contribution >= 4 is 5.97 Å². The summed E-state index contributed by atoms with van der Waals surface area (Å²) in [4.78, 5) is 14.2. The van der Waals surface area contributed by atoms with E-state index in [0.29, 0.717) is 18.2 Å². The molecule has 106 valence electrons. The minimum Gasteiger partial charge on any atom is -0.462 e. The maximum absolute atomic E-state index is 11.9. The zero-order valence-electron chi connectivity index (χ0n) is 11.8. The zero-order chi connectivity index (χ0) is 13.8. The van der Waals surface area contributed by atoms with Gasteiger partial charge in [-0.05, 0) is 13.8 Å². The maximum atomic E-state index is 11.9. The van der Waals surface area contributed by atoms with E-state index in [0.717, 1.165) is 31.9 Å². The summed E-state index contributed by atoms with van der Waals surface area (Å²) in [7, 11) is 1.86. The number of carbonyl (C=O) groups is 1. The second-order valence-electron chi connectivity index (χ2n) is 4.94. The highest BCUT2D eigenvalue weighted by Gasteiger charge is 2.22. The molecule has 1 aliphatic rings. The number of aryl methyl sites for hydroxylation is 1. The average molecular weight is 266 g/mol. The van der Waals surface area contributed by atoms with Crippen molar-refractivity contribution in [3.8, 4) is 0 Å². The van der Waals surface area contributed by atoms with Crippen molar-refractivity contribution in [2.45, 2.75) is 26.4 Å². The molecule has 0 unspecified atom stereocenters. The second kappa shape index (κ2) is 6.16. The Morgan fingerprint density at radius 1 is 1.63 bits per heavy atom. The molecule has 0 amide bonds. The first-order valence-corrected chi connectivity index (χ1v) is 6.75. The Morgan fingerprint density at radius 3 is 3.11 bits per heavy atom. The molecule has 1 fully saturated rings. The molecule has 1 atom stereocenters. The lowest BCUT2D eigenvalue weighted by Gasteiger charge is -2.31. The average Bonchev–Trinajstić information content (AvgIpc) is 2.72. The molecule has 0 radical (unpaired) electrons. The van der Waals surface area contributed by atoms with Gasteiger partial charge < -0.3 is 10.1 Å². The minimum absolute atomic E-state index is 0.284. The zero-order valence-corrected chi connectivity index (χ0v) is 11.8. The number of carbonyl (C=O) groups excluding carboxylic acids is 1. The Kier molecular flexibility index (Phi) is 4.55. The fraction of sp³-hybridized carbons (Fsp3) is 0.692. The lowest BCUT2D eigenvalue weighted by atomic mass is 10.2. The van der Waals surface area contributed by atoms with Crippen LogP contribution in [0.5, 0.6) is 0 Å². The highest BCUT2D eigenvalue weighted by molar-refractivity contribution is 5.90. The molecule has 2 rings (SSSR count). The van der Waals surface area contributed by atoms with Crippen molar-refractivity contribution in [2.24, 2.45) is 7.05 Å². The van der Waals surface area contributed by atoms with E-state index in [1.54, 1.807) is 10.9 Å². The number of rotatable bonds is 4. The minimum atomic E-state index is -0.284. The van der Waals surface area contributed by atoms with Gasteiger partial charge >= 0.3 is 5.97 Å². The van der Waals surface area contributed by atoms with Crippen LogP contribution in [0.15, 0.2) is 6.20 Å². The summed E-state index contributed by atoms with van der Waals surface area (Å²) in [5.41, 5.74) is 1.50. The van der Waals surface area contributed by atoms with Crippen LogP contribution in [-0.4, -0.2) is 52.9 Å². The van der Waals surface area contributed by atoms with Gasteiger partial charge in [-0.2, -0.15) is 5.10 Å². The van der Waals surface area contributed by atoms with E-state index in [4.69, 9.17) is 4.74 Å². The van der Waals surface area contributed by atoms with Gasteiger partial charge in [-0.25, -0.2) is 4.79 Å². The third-order valence-electron chi connectivity index (χ3n) is 3.38. The highest BCUT2D eigenvalue weighted by atomic mass is 16.5. The molecule has 1 N–H and O–H groups in total. The van der Waals surface area contributed by atoms with Crippen molar-refractivity contribution in [1.29, 1.82) is 0 Å². The SMILES string of the molecule is CCOC(=O)c1cnn(C)c1CN1CCN[C@H](C)C1. The molecule has 0 bridgehead atoms. The largest absolute Gasteiger partial charge is 0.462 e. The van der Waals surface area contributed by atoms with Gasteiger partial charge in [0.15, 0.2) is 0 Å².